The van der Waals surface area contributed by atoms with Crippen LogP contribution in [-0.2, 0) is 11.3 Å². The molecule has 1 saturated heterocycles. The smallest absolute Gasteiger partial charge is 0.317 e. The van der Waals surface area contributed by atoms with Crippen LogP contribution in [0, 0.1) is 0 Å². The van der Waals surface area contributed by atoms with E-state index in [0.717, 1.165) is 30.1 Å². The zero-order valence-corrected chi connectivity index (χ0v) is 17.4. The number of methoxy groups -OCH3 is 1. The number of hydrogen-bond acceptors (Lipinski definition) is 5. The third-order valence-corrected chi connectivity index (χ3v) is 5.75. The number of amidine groups is 1. The van der Waals surface area contributed by atoms with Gasteiger partial charge in [-0.05, 0) is 30.5 Å². The summed E-state index contributed by atoms with van der Waals surface area (Å²) in [6.45, 7) is 3.09. The number of benzene rings is 2. The van der Waals surface area contributed by atoms with Gasteiger partial charge in [0.1, 0.15) is 5.84 Å². The van der Waals surface area contributed by atoms with E-state index >= 15 is 0 Å². The molecular formula is C23H29N5O2. The zero-order chi connectivity index (χ0) is 20.8. The van der Waals surface area contributed by atoms with Crippen LogP contribution in [0.3, 0.4) is 0 Å². The van der Waals surface area contributed by atoms with Gasteiger partial charge in [-0.3, -0.25) is 0 Å². The molecule has 0 radical (unpaired) electrons. The lowest BCUT2D eigenvalue weighted by Gasteiger charge is -2.45. The fourth-order valence-electron chi connectivity index (χ4n) is 4.04. The van der Waals surface area contributed by atoms with Crippen LogP contribution >= 0.6 is 0 Å². The number of fused-ring (bicyclic) bond motifs is 1. The van der Waals surface area contributed by atoms with E-state index in [2.05, 4.69) is 34.1 Å². The summed E-state index contributed by atoms with van der Waals surface area (Å²) in [6, 6.07) is 18.4. The number of carbonyl (C=O) groups is 1. The molecule has 7 heteroatoms. The van der Waals surface area contributed by atoms with E-state index in [4.69, 9.17) is 9.73 Å². The highest BCUT2D eigenvalue weighted by Gasteiger charge is 2.42. The van der Waals surface area contributed by atoms with Gasteiger partial charge >= 0.3 is 6.03 Å². The minimum Gasteiger partial charge on any atom is -0.383 e. The number of nitrogens with one attached hydrogen (secondary N) is 3. The first-order valence-corrected chi connectivity index (χ1v) is 10.5. The van der Waals surface area contributed by atoms with Crippen LogP contribution in [0.5, 0.6) is 0 Å². The Morgan fingerprint density at radius 2 is 1.87 bits per heavy atom. The highest BCUT2D eigenvalue weighted by atomic mass is 16.5. The van der Waals surface area contributed by atoms with Crippen LogP contribution in [-0.4, -0.2) is 55.7 Å². The Hall–Kier alpha value is -3.06. The number of ether oxygens (including phenoxy) is 1. The first-order valence-electron chi connectivity index (χ1n) is 10.5. The van der Waals surface area contributed by atoms with Gasteiger partial charge in [0.2, 0.25) is 0 Å². The van der Waals surface area contributed by atoms with Crippen molar-refractivity contribution >= 4 is 23.2 Å². The molecule has 3 N–H and O–H groups in total. The summed E-state index contributed by atoms with van der Waals surface area (Å²) >= 11 is 0. The maximum absolute atomic E-state index is 12.4. The second-order valence-corrected chi connectivity index (χ2v) is 7.74. The van der Waals surface area contributed by atoms with Crippen molar-refractivity contribution < 1.29 is 9.53 Å². The van der Waals surface area contributed by atoms with Crippen LogP contribution in [0.1, 0.15) is 18.4 Å². The summed E-state index contributed by atoms with van der Waals surface area (Å²) in [6.07, 6.45) is 1.58. The molecule has 2 amide bonds. The Morgan fingerprint density at radius 1 is 1.13 bits per heavy atom. The second kappa shape index (κ2) is 9.17. The maximum Gasteiger partial charge on any atom is 0.317 e. The molecule has 1 fully saturated rings. The normalized spacial score (nSPS) is 17.0. The summed E-state index contributed by atoms with van der Waals surface area (Å²) < 4.78 is 5.01. The molecular weight excluding hydrogens is 378 g/mol. The van der Waals surface area contributed by atoms with Crippen LogP contribution in [0.4, 0.5) is 16.2 Å². The maximum atomic E-state index is 12.4. The molecule has 30 heavy (non-hydrogen) atoms. The Morgan fingerprint density at radius 3 is 2.63 bits per heavy atom. The van der Waals surface area contributed by atoms with E-state index in [0.29, 0.717) is 32.8 Å². The third-order valence-electron chi connectivity index (χ3n) is 5.75. The number of likely N-dealkylation sites (tertiary alicyclic amines) is 1. The van der Waals surface area contributed by atoms with E-state index in [1.165, 1.54) is 5.56 Å². The predicted molar refractivity (Wildman–Crippen MR) is 119 cm³/mol. The standard InChI is InChI=1S/C23H29N5O2/c1-30-16-13-24-22(29)28-14-11-23(12-15-28)21(25-17-18-7-3-2-4-8-18)26-19-9-5-6-10-20(19)27-23/h2-10,27H,11-17H2,1H3,(H,24,29)(H,25,26). The number of anilines is 1. The van der Waals surface area contributed by atoms with E-state index in [-0.39, 0.29) is 11.6 Å². The molecule has 4 rings (SSSR count). The highest BCUT2D eigenvalue weighted by molar-refractivity contribution is 6.00. The molecule has 0 saturated carbocycles. The van der Waals surface area contributed by atoms with Crippen molar-refractivity contribution in [2.45, 2.75) is 24.9 Å². The van der Waals surface area contributed by atoms with Gasteiger partial charge in [0.05, 0.1) is 23.5 Å². The number of hydrogen-bond donors (Lipinski definition) is 3. The molecule has 1 spiro atoms. The summed E-state index contributed by atoms with van der Waals surface area (Å²) in [5, 5.41) is 10.2. The zero-order valence-electron chi connectivity index (χ0n) is 17.4. The van der Waals surface area contributed by atoms with Gasteiger partial charge in [-0.15, -0.1) is 0 Å². The quantitative estimate of drug-likeness (QED) is 0.666. The molecule has 0 unspecified atom stereocenters. The second-order valence-electron chi connectivity index (χ2n) is 7.74. The first-order chi connectivity index (χ1) is 14.7. The van der Waals surface area contributed by atoms with Crippen LogP contribution in [0.15, 0.2) is 59.6 Å². The highest BCUT2D eigenvalue weighted by Crippen LogP contribution is 2.38. The minimum atomic E-state index is -0.299. The van der Waals surface area contributed by atoms with Gasteiger partial charge in [-0.1, -0.05) is 42.5 Å². The number of rotatable bonds is 5. The van der Waals surface area contributed by atoms with Gasteiger partial charge < -0.3 is 25.6 Å². The monoisotopic (exact) mass is 407 g/mol. The van der Waals surface area contributed by atoms with E-state index in [1.54, 1.807) is 7.11 Å². The SMILES string of the molecule is COCCNC(=O)N1CCC2(CC1)Nc1ccccc1N=C2NCc1ccccc1. The van der Waals surface area contributed by atoms with Gasteiger partial charge in [-0.2, -0.15) is 0 Å². The van der Waals surface area contributed by atoms with Crippen LogP contribution in [0.2, 0.25) is 0 Å². The molecule has 0 bridgehead atoms. The van der Waals surface area contributed by atoms with Gasteiger partial charge in [-0.25, -0.2) is 9.79 Å². The molecule has 7 nitrogen and oxygen atoms in total. The molecule has 158 valence electrons. The molecule has 2 aromatic carbocycles. The fraction of sp³-hybridized carbons (Fsp3) is 0.391. The average molecular weight is 408 g/mol. The summed E-state index contributed by atoms with van der Waals surface area (Å²) in [5.74, 6) is 0.949. The topological polar surface area (TPSA) is 78.0 Å². The van der Waals surface area contributed by atoms with E-state index in [9.17, 15) is 4.79 Å². The number of nitrogens with zero attached hydrogens (tertiary/aromatic N) is 2. The number of carbonyl (C=O) groups excluding carboxylic acids is 1. The summed E-state index contributed by atoms with van der Waals surface area (Å²) in [7, 11) is 1.63. The van der Waals surface area contributed by atoms with Gasteiger partial charge in [0, 0.05) is 33.3 Å². The lowest BCUT2D eigenvalue weighted by atomic mass is 9.84. The molecule has 2 heterocycles. The molecule has 0 aromatic heterocycles. The lowest BCUT2D eigenvalue weighted by Crippen LogP contribution is -2.60. The van der Waals surface area contributed by atoms with Crippen molar-refractivity contribution in [1.29, 1.82) is 0 Å². The number of urea groups is 1. The molecule has 2 aliphatic heterocycles. The Bertz CT molecular complexity index is 891. The number of aliphatic imine (C=N–C) groups is 1. The molecule has 2 aromatic rings. The number of amides is 2. The third kappa shape index (κ3) is 4.41. The van der Waals surface area contributed by atoms with Crippen molar-refractivity contribution in [3.63, 3.8) is 0 Å². The van der Waals surface area contributed by atoms with E-state index in [1.807, 2.05) is 41.3 Å². The van der Waals surface area contributed by atoms with E-state index < -0.39 is 0 Å². The van der Waals surface area contributed by atoms with Crippen molar-refractivity contribution in [2.75, 3.05) is 38.7 Å². The van der Waals surface area contributed by atoms with Crippen molar-refractivity contribution in [3.8, 4) is 0 Å². The van der Waals surface area contributed by atoms with Crippen LogP contribution in [0.25, 0.3) is 0 Å². The number of piperidine rings is 1. The van der Waals surface area contributed by atoms with Crippen molar-refractivity contribution in [1.82, 2.24) is 15.5 Å². The Kier molecular flexibility index (Phi) is 6.18. The fourth-order valence-corrected chi connectivity index (χ4v) is 4.04. The average Bonchev–Trinajstić information content (AvgIpc) is 2.79. The Balaban J connectivity index is 1.48. The van der Waals surface area contributed by atoms with Gasteiger partial charge in [0.15, 0.2) is 0 Å². The minimum absolute atomic E-state index is 0.0335. The largest absolute Gasteiger partial charge is 0.383 e. The van der Waals surface area contributed by atoms with Crippen LogP contribution < -0.4 is 16.0 Å². The summed E-state index contributed by atoms with van der Waals surface area (Å²) in [5.41, 5.74) is 2.90. The lowest BCUT2D eigenvalue weighted by molar-refractivity contribution is 0.166. The summed E-state index contributed by atoms with van der Waals surface area (Å²) in [4.78, 5) is 19.3. The molecule has 0 atom stereocenters. The van der Waals surface area contributed by atoms with Crippen molar-refractivity contribution in [2.24, 2.45) is 4.99 Å². The van der Waals surface area contributed by atoms with Crippen molar-refractivity contribution in [3.05, 3.63) is 60.2 Å². The van der Waals surface area contributed by atoms with Gasteiger partial charge in [0.25, 0.3) is 0 Å². The predicted octanol–water partition coefficient (Wildman–Crippen LogP) is 3.12. The Labute approximate surface area is 177 Å². The molecule has 2 aliphatic rings. The molecule has 0 aliphatic carbocycles. The number of para-hydroxylation sites is 2. The first kappa shape index (κ1) is 20.2.